The Morgan fingerprint density at radius 3 is 2.40 bits per heavy atom. The van der Waals surface area contributed by atoms with Gasteiger partial charge in [0.25, 0.3) is 17.4 Å². The highest BCUT2D eigenvalue weighted by atomic mass is 16.2. The Balaban J connectivity index is 1.60. The molecule has 1 N–H and O–H groups in total. The third-order valence-corrected chi connectivity index (χ3v) is 5.24. The lowest BCUT2D eigenvalue weighted by Gasteiger charge is -2.18. The van der Waals surface area contributed by atoms with E-state index in [1.165, 1.54) is 16.8 Å². The molecule has 7 heteroatoms. The Morgan fingerprint density at radius 2 is 1.67 bits per heavy atom. The minimum absolute atomic E-state index is 0.0168. The molecule has 152 valence electrons. The maximum atomic E-state index is 12.8. The molecule has 0 saturated carbocycles. The van der Waals surface area contributed by atoms with Crippen molar-refractivity contribution < 1.29 is 9.59 Å². The maximum Gasteiger partial charge on any atom is 0.276 e. The van der Waals surface area contributed by atoms with Crippen LogP contribution in [0.1, 0.15) is 39.3 Å². The summed E-state index contributed by atoms with van der Waals surface area (Å²) in [6, 6.07) is 16.9. The van der Waals surface area contributed by atoms with Gasteiger partial charge in [-0.2, -0.15) is 9.78 Å². The van der Waals surface area contributed by atoms with Crippen molar-refractivity contribution in [2.75, 3.05) is 18.4 Å². The molecule has 2 heterocycles. The molecule has 2 aromatic carbocycles. The predicted molar refractivity (Wildman–Crippen MR) is 114 cm³/mol. The van der Waals surface area contributed by atoms with Gasteiger partial charge in [0.1, 0.15) is 5.69 Å². The van der Waals surface area contributed by atoms with Crippen LogP contribution in [-0.4, -0.2) is 39.6 Å². The van der Waals surface area contributed by atoms with Gasteiger partial charge in [0.15, 0.2) is 0 Å². The number of benzene rings is 2. The van der Waals surface area contributed by atoms with E-state index in [1.807, 2.05) is 17.9 Å². The van der Waals surface area contributed by atoms with Gasteiger partial charge in [-0.3, -0.25) is 14.4 Å². The molecule has 1 aliphatic rings. The molecule has 0 atom stereocenters. The molecule has 0 bridgehead atoms. The average molecular weight is 402 g/mol. The minimum Gasteiger partial charge on any atom is -0.339 e. The maximum absolute atomic E-state index is 12.8. The van der Waals surface area contributed by atoms with Crippen LogP contribution >= 0.6 is 0 Å². The smallest absolute Gasteiger partial charge is 0.276 e. The van der Waals surface area contributed by atoms with E-state index in [0.717, 1.165) is 25.9 Å². The number of rotatable bonds is 4. The Kier molecular flexibility index (Phi) is 5.43. The lowest BCUT2D eigenvalue weighted by atomic mass is 10.1. The third-order valence-electron chi connectivity index (χ3n) is 5.24. The topological polar surface area (TPSA) is 84.3 Å². The molecule has 7 nitrogen and oxygen atoms in total. The number of nitrogens with one attached hydrogen (secondary N) is 1. The largest absolute Gasteiger partial charge is 0.339 e. The molecule has 1 aromatic heterocycles. The quantitative estimate of drug-likeness (QED) is 0.727. The fraction of sp³-hybridized carbons (Fsp3) is 0.217. The van der Waals surface area contributed by atoms with Gasteiger partial charge in [0.2, 0.25) is 0 Å². The number of hydrogen-bond donors (Lipinski definition) is 1. The van der Waals surface area contributed by atoms with Gasteiger partial charge < -0.3 is 10.2 Å². The van der Waals surface area contributed by atoms with Gasteiger partial charge in [-0.25, -0.2) is 0 Å². The van der Waals surface area contributed by atoms with E-state index >= 15 is 0 Å². The van der Waals surface area contributed by atoms with Gasteiger partial charge in [-0.1, -0.05) is 24.3 Å². The zero-order valence-electron chi connectivity index (χ0n) is 16.7. The van der Waals surface area contributed by atoms with Crippen molar-refractivity contribution in [2.45, 2.75) is 19.8 Å². The first kappa shape index (κ1) is 19.6. The van der Waals surface area contributed by atoms with Gasteiger partial charge in [0.05, 0.1) is 5.69 Å². The van der Waals surface area contributed by atoms with Crippen LogP contribution in [0.3, 0.4) is 0 Å². The van der Waals surface area contributed by atoms with Crippen molar-refractivity contribution in [1.82, 2.24) is 14.7 Å². The number of likely N-dealkylation sites (tertiary alicyclic amines) is 1. The first-order valence-corrected chi connectivity index (χ1v) is 9.90. The molecule has 4 rings (SSSR count). The summed E-state index contributed by atoms with van der Waals surface area (Å²) >= 11 is 0. The Hall–Kier alpha value is -3.74. The first-order chi connectivity index (χ1) is 14.5. The molecule has 1 aliphatic heterocycles. The molecular formula is C23H22N4O3. The van der Waals surface area contributed by atoms with E-state index in [0.29, 0.717) is 22.5 Å². The molecule has 0 spiro atoms. The summed E-state index contributed by atoms with van der Waals surface area (Å²) in [5.74, 6) is -0.467. The molecule has 30 heavy (non-hydrogen) atoms. The third kappa shape index (κ3) is 3.87. The number of aromatic nitrogens is 2. The molecule has 2 amide bonds. The highest BCUT2D eigenvalue weighted by Gasteiger charge is 2.22. The van der Waals surface area contributed by atoms with Gasteiger partial charge in [-0.05, 0) is 55.7 Å². The lowest BCUT2D eigenvalue weighted by molar-refractivity contribution is 0.0791. The molecular weight excluding hydrogens is 380 g/mol. The zero-order valence-corrected chi connectivity index (χ0v) is 16.7. The van der Waals surface area contributed by atoms with Crippen LogP contribution < -0.4 is 10.9 Å². The van der Waals surface area contributed by atoms with Gasteiger partial charge in [0, 0.05) is 30.4 Å². The van der Waals surface area contributed by atoms with Crippen LogP contribution in [0.25, 0.3) is 5.69 Å². The molecule has 0 radical (unpaired) electrons. The standard InChI is InChI=1S/C23H22N4O3/c1-16-18(23(30)26-14-5-6-15-26)10-7-11-19(16)24-22(29)20-12-13-21(28)27(25-20)17-8-3-2-4-9-17/h2-4,7-13H,5-6,14-15H2,1H3,(H,24,29). The van der Waals surface area contributed by atoms with E-state index in [9.17, 15) is 14.4 Å². The van der Waals surface area contributed by atoms with Crippen molar-refractivity contribution in [3.05, 3.63) is 87.8 Å². The first-order valence-electron chi connectivity index (χ1n) is 9.90. The lowest BCUT2D eigenvalue weighted by Crippen LogP contribution is -2.28. The van der Waals surface area contributed by atoms with Gasteiger partial charge >= 0.3 is 0 Å². The monoisotopic (exact) mass is 402 g/mol. The number of para-hydroxylation sites is 1. The Bertz CT molecular complexity index is 1150. The summed E-state index contributed by atoms with van der Waals surface area (Å²) in [4.78, 5) is 39.6. The van der Waals surface area contributed by atoms with Crippen molar-refractivity contribution in [1.29, 1.82) is 0 Å². The SMILES string of the molecule is Cc1c(NC(=O)c2ccc(=O)n(-c3ccccc3)n2)cccc1C(=O)N1CCCC1. The summed E-state index contributed by atoms with van der Waals surface area (Å²) in [7, 11) is 0. The summed E-state index contributed by atoms with van der Waals surface area (Å²) in [5, 5.41) is 7.03. The fourth-order valence-corrected chi connectivity index (χ4v) is 3.57. The van der Waals surface area contributed by atoms with Crippen LogP contribution in [-0.2, 0) is 0 Å². The second kappa shape index (κ2) is 8.32. The van der Waals surface area contributed by atoms with E-state index < -0.39 is 5.91 Å². The predicted octanol–water partition coefficient (Wildman–Crippen LogP) is 3.03. The summed E-state index contributed by atoms with van der Waals surface area (Å²) in [6.07, 6.45) is 2.04. The number of hydrogen-bond acceptors (Lipinski definition) is 4. The van der Waals surface area contributed by atoms with Crippen molar-refractivity contribution in [2.24, 2.45) is 0 Å². The fourth-order valence-electron chi connectivity index (χ4n) is 3.57. The van der Waals surface area contributed by atoms with E-state index in [2.05, 4.69) is 10.4 Å². The number of nitrogens with zero attached hydrogens (tertiary/aromatic N) is 3. The number of carbonyl (C=O) groups excluding carboxylic acids is 2. The van der Waals surface area contributed by atoms with Crippen molar-refractivity contribution >= 4 is 17.5 Å². The second-order valence-electron chi connectivity index (χ2n) is 7.24. The highest BCUT2D eigenvalue weighted by Crippen LogP contribution is 2.22. The molecule has 0 unspecified atom stereocenters. The van der Waals surface area contributed by atoms with Crippen molar-refractivity contribution in [3.63, 3.8) is 0 Å². The number of amides is 2. The van der Waals surface area contributed by atoms with Crippen LogP contribution in [0, 0.1) is 6.92 Å². The Labute approximate surface area is 174 Å². The number of anilines is 1. The summed E-state index contributed by atoms with van der Waals surface area (Å²) in [6.45, 7) is 3.34. The molecule has 3 aromatic rings. The van der Waals surface area contributed by atoms with E-state index in [1.54, 1.807) is 42.5 Å². The normalized spacial score (nSPS) is 13.3. The minimum atomic E-state index is -0.450. The van der Waals surface area contributed by atoms with Gasteiger partial charge in [-0.15, -0.1) is 0 Å². The second-order valence-corrected chi connectivity index (χ2v) is 7.24. The van der Waals surface area contributed by atoms with Crippen molar-refractivity contribution in [3.8, 4) is 5.69 Å². The summed E-state index contributed by atoms with van der Waals surface area (Å²) in [5.41, 5.74) is 2.19. The molecule has 1 saturated heterocycles. The van der Waals surface area contributed by atoms with Crippen LogP contribution in [0.15, 0.2) is 65.5 Å². The zero-order chi connectivity index (χ0) is 21.1. The Morgan fingerprint density at radius 1 is 0.933 bits per heavy atom. The van der Waals surface area contributed by atoms with Crippen LogP contribution in [0.2, 0.25) is 0 Å². The van der Waals surface area contributed by atoms with E-state index in [-0.39, 0.29) is 17.2 Å². The van der Waals surface area contributed by atoms with Crippen LogP contribution in [0.4, 0.5) is 5.69 Å². The summed E-state index contributed by atoms with van der Waals surface area (Å²) < 4.78 is 1.19. The average Bonchev–Trinajstić information content (AvgIpc) is 3.30. The van der Waals surface area contributed by atoms with E-state index in [4.69, 9.17) is 0 Å². The molecule has 0 aliphatic carbocycles. The highest BCUT2D eigenvalue weighted by molar-refractivity contribution is 6.05. The number of carbonyl (C=O) groups is 2. The van der Waals surface area contributed by atoms with Crippen LogP contribution in [0.5, 0.6) is 0 Å². The molecule has 1 fully saturated rings.